The summed E-state index contributed by atoms with van der Waals surface area (Å²) in [6.45, 7) is 0. The third kappa shape index (κ3) is 3.12. The molecular formula is C19H13NO4S2. The predicted molar refractivity (Wildman–Crippen MR) is 100 cm³/mol. The van der Waals surface area contributed by atoms with Gasteiger partial charge >= 0.3 is 0 Å². The Morgan fingerprint density at radius 1 is 0.962 bits per heavy atom. The summed E-state index contributed by atoms with van der Waals surface area (Å²) in [4.78, 5) is 14.0. The van der Waals surface area contributed by atoms with E-state index in [9.17, 15) is 13.2 Å². The van der Waals surface area contributed by atoms with Crippen LogP contribution in [0.5, 0.6) is 0 Å². The number of allylic oxidation sites excluding steroid dienone is 1. The monoisotopic (exact) mass is 383 g/mol. The van der Waals surface area contributed by atoms with E-state index in [1.807, 2.05) is 24.3 Å². The quantitative estimate of drug-likeness (QED) is 0.692. The van der Waals surface area contributed by atoms with Gasteiger partial charge in [-0.05, 0) is 54.6 Å². The van der Waals surface area contributed by atoms with Crippen LogP contribution in [0.15, 0.2) is 79.8 Å². The van der Waals surface area contributed by atoms with Crippen molar-refractivity contribution in [2.24, 2.45) is 5.14 Å². The van der Waals surface area contributed by atoms with E-state index in [1.165, 1.54) is 23.9 Å². The summed E-state index contributed by atoms with van der Waals surface area (Å²) >= 11 is 1.42. The molecule has 1 aliphatic rings. The first-order chi connectivity index (χ1) is 12.4. The van der Waals surface area contributed by atoms with Crippen molar-refractivity contribution in [2.75, 3.05) is 0 Å². The van der Waals surface area contributed by atoms with Crippen LogP contribution in [0, 0.1) is 0 Å². The van der Waals surface area contributed by atoms with E-state index in [0.29, 0.717) is 22.0 Å². The van der Waals surface area contributed by atoms with Crippen molar-refractivity contribution in [1.82, 2.24) is 0 Å². The van der Waals surface area contributed by atoms with E-state index in [-0.39, 0.29) is 10.7 Å². The minimum Gasteiger partial charge on any atom is -0.457 e. The van der Waals surface area contributed by atoms with Crippen molar-refractivity contribution in [1.29, 1.82) is 0 Å². The molecule has 0 amide bonds. The molecule has 130 valence electrons. The summed E-state index contributed by atoms with van der Waals surface area (Å²) in [6.07, 6.45) is 1.72. The fourth-order valence-electron chi connectivity index (χ4n) is 2.66. The summed E-state index contributed by atoms with van der Waals surface area (Å²) in [5, 5.41) is 5.10. The van der Waals surface area contributed by atoms with Gasteiger partial charge in [-0.1, -0.05) is 23.9 Å². The highest BCUT2D eigenvalue weighted by atomic mass is 32.2. The number of carbonyl (C=O) groups excluding carboxylic acids is 1. The Morgan fingerprint density at radius 2 is 1.69 bits per heavy atom. The molecule has 26 heavy (non-hydrogen) atoms. The van der Waals surface area contributed by atoms with Crippen molar-refractivity contribution < 1.29 is 17.6 Å². The van der Waals surface area contributed by atoms with Gasteiger partial charge in [0.2, 0.25) is 15.8 Å². The molecule has 4 rings (SSSR count). The number of hydrogen-bond acceptors (Lipinski definition) is 5. The lowest BCUT2D eigenvalue weighted by Crippen LogP contribution is -2.11. The number of ketones is 1. The minimum absolute atomic E-state index is 0.0129. The van der Waals surface area contributed by atoms with E-state index in [4.69, 9.17) is 9.56 Å². The molecule has 0 saturated heterocycles. The third-order valence-corrected chi connectivity index (χ3v) is 5.97. The molecule has 2 heterocycles. The van der Waals surface area contributed by atoms with Crippen molar-refractivity contribution in [2.45, 2.75) is 9.79 Å². The van der Waals surface area contributed by atoms with Gasteiger partial charge in [-0.3, -0.25) is 4.79 Å². The number of hydrogen-bond donors (Lipinski definition) is 1. The number of nitrogens with two attached hydrogens (primary N) is 1. The second-order valence-electron chi connectivity index (χ2n) is 5.71. The number of furan rings is 1. The average molecular weight is 383 g/mol. The molecule has 0 radical (unpaired) electrons. The van der Waals surface area contributed by atoms with E-state index >= 15 is 0 Å². The second kappa shape index (κ2) is 6.28. The number of rotatable bonds is 3. The Balaban J connectivity index is 1.61. The van der Waals surface area contributed by atoms with Gasteiger partial charge in [0.25, 0.3) is 0 Å². The minimum atomic E-state index is -3.72. The molecule has 1 aromatic heterocycles. The molecular weight excluding hydrogens is 370 g/mol. The number of sulfonamides is 1. The smallest absolute Gasteiger partial charge is 0.238 e. The van der Waals surface area contributed by atoms with Crippen LogP contribution in [-0.4, -0.2) is 14.2 Å². The molecule has 0 spiro atoms. The highest BCUT2D eigenvalue weighted by Gasteiger charge is 2.25. The first kappa shape index (κ1) is 16.8. The Bertz CT molecular complexity index is 1140. The lowest BCUT2D eigenvalue weighted by atomic mass is 10.1. The number of primary sulfonamides is 1. The first-order valence-electron chi connectivity index (χ1n) is 7.68. The van der Waals surface area contributed by atoms with Gasteiger partial charge in [-0.15, -0.1) is 0 Å². The lowest BCUT2D eigenvalue weighted by molar-refractivity contribution is 0.104. The highest BCUT2D eigenvalue weighted by Crippen LogP contribution is 2.40. The van der Waals surface area contributed by atoms with Crippen LogP contribution in [-0.2, 0) is 10.0 Å². The standard InChI is InChI=1S/C19H13NO4S2/c20-26(22,23)14-8-5-12(6-9-14)16-10-7-13(24-16)11-18-19(21)15-3-1-2-4-17(15)25-18/h1-11H,(H2,20,22,23). The largest absolute Gasteiger partial charge is 0.457 e. The van der Waals surface area contributed by atoms with Crippen molar-refractivity contribution in [3.05, 3.63) is 76.9 Å². The SMILES string of the molecule is NS(=O)(=O)c1ccc(-c2ccc(C=C3Sc4ccccc4C3=O)o2)cc1. The zero-order chi connectivity index (χ0) is 18.3. The van der Waals surface area contributed by atoms with Crippen molar-refractivity contribution >= 4 is 33.6 Å². The van der Waals surface area contributed by atoms with E-state index in [1.54, 1.807) is 30.3 Å². The van der Waals surface area contributed by atoms with Crippen molar-refractivity contribution in [3.63, 3.8) is 0 Å². The maximum absolute atomic E-state index is 12.4. The van der Waals surface area contributed by atoms with Crippen LogP contribution in [0.3, 0.4) is 0 Å². The molecule has 0 fully saturated rings. The van der Waals surface area contributed by atoms with Gasteiger partial charge < -0.3 is 4.42 Å². The fourth-order valence-corrected chi connectivity index (χ4v) is 4.21. The molecule has 0 bridgehead atoms. The molecule has 0 saturated carbocycles. The lowest BCUT2D eigenvalue weighted by Gasteiger charge is -2.00. The number of fused-ring (bicyclic) bond motifs is 1. The normalized spacial score (nSPS) is 15.4. The molecule has 5 nitrogen and oxygen atoms in total. The van der Waals surface area contributed by atoms with Gasteiger partial charge in [-0.2, -0.15) is 0 Å². The van der Waals surface area contributed by atoms with Crippen LogP contribution < -0.4 is 5.14 Å². The van der Waals surface area contributed by atoms with Gasteiger partial charge in [0.1, 0.15) is 11.5 Å². The number of benzene rings is 2. The average Bonchev–Trinajstić information content (AvgIpc) is 3.20. The Labute approximate surface area is 154 Å². The maximum atomic E-state index is 12.4. The van der Waals surface area contributed by atoms with Gasteiger partial charge in [0, 0.05) is 16.0 Å². The van der Waals surface area contributed by atoms with Crippen LogP contribution >= 0.6 is 11.8 Å². The molecule has 3 aromatic rings. The predicted octanol–water partition coefficient (Wildman–Crippen LogP) is 3.92. The third-order valence-electron chi connectivity index (χ3n) is 3.94. The van der Waals surface area contributed by atoms with Crippen LogP contribution in [0.4, 0.5) is 0 Å². The summed E-state index contributed by atoms with van der Waals surface area (Å²) in [5.41, 5.74) is 1.42. The number of carbonyl (C=O) groups is 1. The second-order valence-corrected chi connectivity index (χ2v) is 8.35. The molecule has 2 aromatic carbocycles. The summed E-state index contributed by atoms with van der Waals surface area (Å²) in [6, 6.07) is 17.1. The van der Waals surface area contributed by atoms with Gasteiger partial charge in [-0.25, -0.2) is 13.6 Å². The molecule has 7 heteroatoms. The van der Waals surface area contributed by atoms with Crippen LogP contribution in [0.1, 0.15) is 16.1 Å². The Kier molecular flexibility index (Phi) is 4.07. The van der Waals surface area contributed by atoms with E-state index in [0.717, 1.165) is 10.5 Å². The molecule has 0 atom stereocenters. The first-order valence-corrected chi connectivity index (χ1v) is 10.0. The van der Waals surface area contributed by atoms with Crippen molar-refractivity contribution in [3.8, 4) is 11.3 Å². The molecule has 2 N–H and O–H groups in total. The Morgan fingerprint density at radius 3 is 2.38 bits per heavy atom. The highest BCUT2D eigenvalue weighted by molar-refractivity contribution is 8.04. The topological polar surface area (TPSA) is 90.4 Å². The van der Waals surface area contributed by atoms with Gasteiger partial charge in [0.15, 0.2) is 0 Å². The summed E-state index contributed by atoms with van der Waals surface area (Å²) in [7, 11) is -3.72. The van der Waals surface area contributed by atoms with Crippen LogP contribution in [0.25, 0.3) is 17.4 Å². The van der Waals surface area contributed by atoms with E-state index < -0.39 is 10.0 Å². The van der Waals surface area contributed by atoms with E-state index in [2.05, 4.69) is 0 Å². The molecule has 0 aliphatic carbocycles. The zero-order valence-corrected chi connectivity index (χ0v) is 15.0. The zero-order valence-electron chi connectivity index (χ0n) is 13.4. The number of thioether (sulfide) groups is 1. The Hall–Kier alpha value is -2.61. The summed E-state index contributed by atoms with van der Waals surface area (Å²) < 4.78 is 28.4. The number of Topliss-reactive ketones (excluding diaryl/α,β-unsaturated/α-hetero) is 1. The maximum Gasteiger partial charge on any atom is 0.238 e. The van der Waals surface area contributed by atoms with Crippen LogP contribution in [0.2, 0.25) is 0 Å². The summed E-state index contributed by atoms with van der Waals surface area (Å²) in [5.74, 6) is 1.12. The molecule has 1 aliphatic heterocycles. The van der Waals surface area contributed by atoms with Gasteiger partial charge in [0.05, 0.1) is 9.80 Å². The molecule has 0 unspecified atom stereocenters. The fraction of sp³-hybridized carbons (Fsp3) is 0.